The molecule has 0 atom stereocenters. The highest BCUT2D eigenvalue weighted by molar-refractivity contribution is 5.72. The first-order chi connectivity index (χ1) is 7.34. The number of carbonyl (C=O) groups excluding carboxylic acids is 1. The number of hydrogen-bond donors (Lipinski definition) is 0. The van der Waals surface area contributed by atoms with Crippen molar-refractivity contribution in [3.63, 3.8) is 0 Å². The molecule has 0 aromatic heterocycles. The Kier molecular flexibility index (Phi) is 3.51. The van der Waals surface area contributed by atoms with Crippen molar-refractivity contribution in [1.29, 1.82) is 0 Å². The third-order valence-corrected chi connectivity index (χ3v) is 1.94. The first-order valence-electron chi connectivity index (χ1n) is 4.27. The predicted molar refractivity (Wildman–Crippen MR) is 47.1 cm³/mol. The van der Waals surface area contributed by atoms with Crippen LogP contribution in [0.5, 0.6) is 0 Å². The fourth-order valence-electron chi connectivity index (χ4n) is 1.09. The maximum Gasteiger partial charge on any atom is 0.416 e. The lowest BCUT2D eigenvalue weighted by Crippen LogP contribution is -2.09. The van der Waals surface area contributed by atoms with Crippen molar-refractivity contribution in [2.75, 3.05) is 7.11 Å². The number of halogens is 4. The number of hydrogen-bond acceptors (Lipinski definition) is 2. The number of methoxy groups -OCH3 is 1. The highest BCUT2D eigenvalue weighted by Gasteiger charge is 2.31. The van der Waals surface area contributed by atoms with E-state index in [1.165, 1.54) is 0 Å². The first kappa shape index (κ1) is 12.5. The molecule has 0 aliphatic rings. The fraction of sp³-hybridized carbons (Fsp3) is 0.300. The zero-order valence-corrected chi connectivity index (χ0v) is 8.27. The van der Waals surface area contributed by atoms with Gasteiger partial charge in [0.1, 0.15) is 5.82 Å². The lowest BCUT2D eigenvalue weighted by atomic mass is 10.1. The van der Waals surface area contributed by atoms with Gasteiger partial charge >= 0.3 is 12.1 Å². The lowest BCUT2D eigenvalue weighted by Gasteiger charge is -2.08. The van der Waals surface area contributed by atoms with Gasteiger partial charge in [0.15, 0.2) is 0 Å². The van der Waals surface area contributed by atoms with Gasteiger partial charge in [-0.3, -0.25) is 4.79 Å². The molecule has 0 aliphatic heterocycles. The monoisotopic (exact) mass is 236 g/mol. The molecule has 0 saturated carbocycles. The molecule has 0 radical (unpaired) electrons. The maximum atomic E-state index is 13.2. The molecule has 0 aliphatic carbocycles. The van der Waals surface area contributed by atoms with Crippen molar-refractivity contribution in [1.82, 2.24) is 0 Å². The van der Waals surface area contributed by atoms with Crippen LogP contribution in [0.25, 0.3) is 0 Å². The van der Waals surface area contributed by atoms with Crippen LogP contribution in [-0.2, 0) is 22.1 Å². The Balaban J connectivity index is 2.96. The van der Waals surface area contributed by atoms with Gasteiger partial charge in [0.25, 0.3) is 0 Å². The molecule has 0 amide bonds. The van der Waals surface area contributed by atoms with Crippen molar-refractivity contribution in [2.45, 2.75) is 12.6 Å². The zero-order chi connectivity index (χ0) is 12.3. The molecule has 2 nitrogen and oxygen atoms in total. The molecule has 0 heterocycles. The van der Waals surface area contributed by atoms with E-state index in [0.717, 1.165) is 19.2 Å². The molecular formula is C10H8F4O2. The highest BCUT2D eigenvalue weighted by Crippen LogP contribution is 2.30. The molecule has 0 spiro atoms. The Bertz CT molecular complexity index is 398. The summed E-state index contributed by atoms with van der Waals surface area (Å²) in [6.45, 7) is 0. The molecule has 6 heteroatoms. The number of esters is 1. The van der Waals surface area contributed by atoms with Gasteiger partial charge in [0.2, 0.25) is 0 Å². The normalized spacial score (nSPS) is 11.3. The number of rotatable bonds is 2. The van der Waals surface area contributed by atoms with E-state index in [4.69, 9.17) is 0 Å². The van der Waals surface area contributed by atoms with E-state index in [2.05, 4.69) is 4.74 Å². The summed E-state index contributed by atoms with van der Waals surface area (Å²) in [4.78, 5) is 10.8. The second kappa shape index (κ2) is 4.51. The minimum absolute atomic E-state index is 0.125. The van der Waals surface area contributed by atoms with Gasteiger partial charge in [-0.05, 0) is 17.7 Å². The van der Waals surface area contributed by atoms with E-state index >= 15 is 0 Å². The molecule has 16 heavy (non-hydrogen) atoms. The van der Waals surface area contributed by atoms with Crippen LogP contribution in [0.15, 0.2) is 18.2 Å². The molecule has 1 aromatic carbocycles. The van der Waals surface area contributed by atoms with Crippen LogP contribution in [0.2, 0.25) is 0 Å². The van der Waals surface area contributed by atoms with Crippen LogP contribution >= 0.6 is 0 Å². The second-order valence-electron chi connectivity index (χ2n) is 3.06. The van der Waals surface area contributed by atoms with Crippen LogP contribution in [0.4, 0.5) is 17.6 Å². The van der Waals surface area contributed by atoms with E-state index in [1.807, 2.05) is 0 Å². The summed E-state index contributed by atoms with van der Waals surface area (Å²) in [6, 6.07) is 2.01. The molecule has 0 N–H and O–H groups in total. The molecule has 1 aromatic rings. The molecule has 0 bridgehead atoms. The van der Waals surface area contributed by atoms with Crippen molar-refractivity contribution >= 4 is 5.97 Å². The molecular weight excluding hydrogens is 228 g/mol. The topological polar surface area (TPSA) is 26.3 Å². The van der Waals surface area contributed by atoms with Crippen molar-refractivity contribution < 1.29 is 27.1 Å². The highest BCUT2D eigenvalue weighted by atomic mass is 19.4. The summed E-state index contributed by atoms with van der Waals surface area (Å²) in [6.07, 6.45) is -4.98. The lowest BCUT2D eigenvalue weighted by molar-refractivity contribution is -0.139. The van der Waals surface area contributed by atoms with Gasteiger partial charge in [-0.2, -0.15) is 13.2 Å². The van der Waals surface area contributed by atoms with E-state index in [1.54, 1.807) is 0 Å². The van der Waals surface area contributed by atoms with Crippen LogP contribution < -0.4 is 0 Å². The Hall–Kier alpha value is -1.59. The summed E-state index contributed by atoms with van der Waals surface area (Å²) in [7, 11) is 1.12. The average Bonchev–Trinajstić information content (AvgIpc) is 2.19. The minimum atomic E-state index is -4.59. The standard InChI is InChI=1S/C10H8F4O2/c1-16-9(15)4-6-2-3-7(5-8(6)11)10(12,13)14/h2-3,5H,4H2,1H3. The maximum absolute atomic E-state index is 13.2. The Labute approximate surface area is 88.8 Å². The van der Waals surface area contributed by atoms with E-state index in [9.17, 15) is 22.4 Å². The largest absolute Gasteiger partial charge is 0.469 e. The van der Waals surface area contributed by atoms with E-state index in [-0.39, 0.29) is 12.0 Å². The quantitative estimate of drug-likeness (QED) is 0.582. The van der Waals surface area contributed by atoms with Gasteiger partial charge < -0.3 is 4.74 Å². The van der Waals surface area contributed by atoms with Gasteiger partial charge in [-0.15, -0.1) is 0 Å². The summed E-state index contributed by atoms with van der Waals surface area (Å²) in [5.41, 5.74) is -1.21. The van der Waals surface area contributed by atoms with Crippen LogP contribution in [0, 0.1) is 5.82 Å². The average molecular weight is 236 g/mol. The predicted octanol–water partition coefficient (Wildman–Crippen LogP) is 2.56. The van der Waals surface area contributed by atoms with Crippen molar-refractivity contribution in [3.05, 3.63) is 35.1 Å². The van der Waals surface area contributed by atoms with E-state index in [0.29, 0.717) is 6.07 Å². The van der Waals surface area contributed by atoms with Crippen LogP contribution in [0.3, 0.4) is 0 Å². The molecule has 0 saturated heterocycles. The Morgan fingerprint density at radius 3 is 2.44 bits per heavy atom. The number of alkyl halides is 3. The summed E-state index contributed by atoms with van der Waals surface area (Å²) >= 11 is 0. The third kappa shape index (κ3) is 2.95. The summed E-state index contributed by atoms with van der Waals surface area (Å²) in [5.74, 6) is -1.78. The van der Waals surface area contributed by atoms with Crippen LogP contribution in [-0.4, -0.2) is 13.1 Å². The van der Waals surface area contributed by atoms with Gasteiger partial charge in [0.05, 0.1) is 19.1 Å². The number of carbonyl (C=O) groups is 1. The van der Waals surface area contributed by atoms with Crippen molar-refractivity contribution in [2.24, 2.45) is 0 Å². The summed E-state index contributed by atoms with van der Waals surface area (Å²) in [5, 5.41) is 0. The van der Waals surface area contributed by atoms with Gasteiger partial charge in [-0.1, -0.05) is 6.07 Å². The summed E-state index contributed by atoms with van der Waals surface area (Å²) < 4.78 is 54.0. The molecule has 0 unspecified atom stereocenters. The zero-order valence-electron chi connectivity index (χ0n) is 8.27. The molecule has 0 fully saturated rings. The second-order valence-corrected chi connectivity index (χ2v) is 3.06. The van der Waals surface area contributed by atoms with E-state index < -0.39 is 23.5 Å². The van der Waals surface area contributed by atoms with Gasteiger partial charge in [0, 0.05) is 0 Å². The number of ether oxygens (including phenoxy) is 1. The van der Waals surface area contributed by atoms with Crippen molar-refractivity contribution in [3.8, 4) is 0 Å². The SMILES string of the molecule is COC(=O)Cc1ccc(C(F)(F)F)cc1F. The molecule has 1 rings (SSSR count). The smallest absolute Gasteiger partial charge is 0.416 e. The van der Waals surface area contributed by atoms with Gasteiger partial charge in [-0.25, -0.2) is 4.39 Å². The first-order valence-corrected chi connectivity index (χ1v) is 4.27. The third-order valence-electron chi connectivity index (χ3n) is 1.94. The minimum Gasteiger partial charge on any atom is -0.469 e. The molecule has 88 valence electrons. The van der Waals surface area contributed by atoms with Crippen LogP contribution in [0.1, 0.15) is 11.1 Å². The number of benzene rings is 1. The Morgan fingerprint density at radius 1 is 1.38 bits per heavy atom. The fourth-order valence-corrected chi connectivity index (χ4v) is 1.09. The Morgan fingerprint density at radius 2 is 2.00 bits per heavy atom.